The second-order valence-corrected chi connectivity index (χ2v) is 5.63. The number of anilines is 1. The lowest BCUT2D eigenvalue weighted by molar-refractivity contribution is 0.861. The van der Waals surface area contributed by atoms with Crippen molar-refractivity contribution in [1.29, 1.82) is 0 Å². The first-order valence-corrected chi connectivity index (χ1v) is 7.65. The number of aromatic nitrogens is 5. The SMILES string of the molecule is c1ccc(-n2cncn2)c(CNc2ncc3sccc3n2)c1. The summed E-state index contributed by atoms with van der Waals surface area (Å²) < 4.78 is 2.84. The van der Waals surface area contributed by atoms with Gasteiger partial charge in [-0.15, -0.1) is 11.3 Å². The molecule has 0 aliphatic rings. The molecule has 7 heteroatoms. The van der Waals surface area contributed by atoms with E-state index in [-0.39, 0.29) is 0 Å². The normalized spacial score (nSPS) is 10.9. The van der Waals surface area contributed by atoms with Gasteiger partial charge in [0.15, 0.2) is 0 Å². The Balaban J connectivity index is 1.59. The molecule has 1 aromatic carbocycles. The van der Waals surface area contributed by atoms with Crippen LogP contribution in [0, 0.1) is 0 Å². The summed E-state index contributed by atoms with van der Waals surface area (Å²) in [5.41, 5.74) is 3.05. The average Bonchev–Trinajstić information content (AvgIpc) is 3.24. The minimum Gasteiger partial charge on any atom is -0.350 e. The molecule has 1 N–H and O–H groups in total. The number of hydrogen-bond donors (Lipinski definition) is 1. The Kier molecular flexibility index (Phi) is 3.24. The van der Waals surface area contributed by atoms with Gasteiger partial charge < -0.3 is 5.32 Å². The Morgan fingerprint density at radius 2 is 2.14 bits per heavy atom. The molecule has 0 spiro atoms. The number of nitrogens with zero attached hydrogens (tertiary/aromatic N) is 5. The minimum absolute atomic E-state index is 0.617. The molecule has 0 aliphatic heterocycles. The molecule has 0 aliphatic carbocycles. The predicted octanol–water partition coefficient (Wildman–Crippen LogP) is 2.88. The summed E-state index contributed by atoms with van der Waals surface area (Å²) in [6.45, 7) is 0.617. The molecule has 0 unspecified atom stereocenters. The number of benzene rings is 1. The highest BCUT2D eigenvalue weighted by atomic mass is 32.1. The lowest BCUT2D eigenvalue weighted by Gasteiger charge is -2.10. The predicted molar refractivity (Wildman–Crippen MR) is 86.1 cm³/mol. The Labute approximate surface area is 130 Å². The topological polar surface area (TPSA) is 68.5 Å². The standard InChI is InChI=1S/C15H12N6S/c1-2-4-13(21-10-16-9-19-21)11(3-1)7-17-15-18-8-14-12(20-15)5-6-22-14/h1-6,8-10H,7H2,(H,17,18,20). The molecule has 0 atom stereocenters. The molecular weight excluding hydrogens is 296 g/mol. The van der Waals surface area contributed by atoms with E-state index in [1.807, 2.05) is 41.9 Å². The Bertz CT molecular complexity index is 899. The van der Waals surface area contributed by atoms with Crippen LogP contribution in [0.25, 0.3) is 15.9 Å². The summed E-state index contributed by atoms with van der Waals surface area (Å²) in [4.78, 5) is 12.8. The summed E-state index contributed by atoms with van der Waals surface area (Å²) in [5.74, 6) is 0.624. The molecule has 0 saturated heterocycles. The van der Waals surface area contributed by atoms with Gasteiger partial charge in [-0.3, -0.25) is 0 Å². The second-order valence-electron chi connectivity index (χ2n) is 4.69. The maximum Gasteiger partial charge on any atom is 0.223 e. The molecule has 0 saturated carbocycles. The van der Waals surface area contributed by atoms with E-state index < -0.39 is 0 Å². The third kappa shape index (κ3) is 2.42. The van der Waals surface area contributed by atoms with E-state index in [9.17, 15) is 0 Å². The van der Waals surface area contributed by atoms with Crippen molar-refractivity contribution in [1.82, 2.24) is 24.7 Å². The van der Waals surface area contributed by atoms with Gasteiger partial charge in [0.25, 0.3) is 0 Å². The van der Waals surface area contributed by atoms with Crippen molar-refractivity contribution in [3.05, 3.63) is 60.1 Å². The van der Waals surface area contributed by atoms with Crippen molar-refractivity contribution >= 4 is 27.5 Å². The van der Waals surface area contributed by atoms with Crippen molar-refractivity contribution in [2.75, 3.05) is 5.32 Å². The van der Waals surface area contributed by atoms with Crippen molar-refractivity contribution in [3.63, 3.8) is 0 Å². The molecule has 3 heterocycles. The third-order valence-corrected chi connectivity index (χ3v) is 4.14. The van der Waals surface area contributed by atoms with Gasteiger partial charge in [-0.05, 0) is 23.1 Å². The highest BCUT2D eigenvalue weighted by Crippen LogP contribution is 2.19. The molecule has 22 heavy (non-hydrogen) atoms. The van der Waals surface area contributed by atoms with Crippen LogP contribution in [-0.2, 0) is 6.54 Å². The number of para-hydroxylation sites is 1. The van der Waals surface area contributed by atoms with Crippen LogP contribution in [0.15, 0.2) is 54.6 Å². The molecule has 0 amide bonds. The number of hydrogen-bond acceptors (Lipinski definition) is 6. The molecule has 0 fully saturated rings. The molecule has 0 bridgehead atoms. The van der Waals surface area contributed by atoms with Crippen LogP contribution in [0.4, 0.5) is 5.95 Å². The van der Waals surface area contributed by atoms with Gasteiger partial charge in [0, 0.05) is 6.54 Å². The summed E-state index contributed by atoms with van der Waals surface area (Å²) >= 11 is 1.64. The van der Waals surface area contributed by atoms with Crippen LogP contribution in [0.3, 0.4) is 0 Å². The Hall–Kier alpha value is -2.80. The molecular formula is C15H12N6S. The van der Waals surface area contributed by atoms with Crippen LogP contribution >= 0.6 is 11.3 Å². The molecule has 4 rings (SSSR count). The van der Waals surface area contributed by atoms with E-state index >= 15 is 0 Å². The average molecular weight is 308 g/mol. The van der Waals surface area contributed by atoms with Crippen molar-refractivity contribution in [2.24, 2.45) is 0 Å². The van der Waals surface area contributed by atoms with Crippen LogP contribution in [-0.4, -0.2) is 24.7 Å². The van der Waals surface area contributed by atoms with E-state index in [0.717, 1.165) is 21.5 Å². The van der Waals surface area contributed by atoms with Gasteiger partial charge in [0.1, 0.15) is 12.7 Å². The van der Waals surface area contributed by atoms with Gasteiger partial charge in [-0.1, -0.05) is 18.2 Å². The summed E-state index contributed by atoms with van der Waals surface area (Å²) in [6.07, 6.45) is 5.06. The van der Waals surface area contributed by atoms with Crippen LogP contribution in [0.5, 0.6) is 0 Å². The summed E-state index contributed by atoms with van der Waals surface area (Å²) in [5, 5.41) is 9.47. The van der Waals surface area contributed by atoms with Crippen LogP contribution in [0.1, 0.15) is 5.56 Å². The second kappa shape index (κ2) is 5.53. The zero-order valence-corrected chi connectivity index (χ0v) is 12.4. The zero-order valence-electron chi connectivity index (χ0n) is 11.5. The third-order valence-electron chi connectivity index (χ3n) is 3.30. The summed E-state index contributed by atoms with van der Waals surface area (Å²) in [7, 11) is 0. The number of fused-ring (bicyclic) bond motifs is 1. The van der Waals surface area contributed by atoms with Gasteiger partial charge in [-0.25, -0.2) is 19.6 Å². The van der Waals surface area contributed by atoms with Crippen molar-refractivity contribution in [3.8, 4) is 5.69 Å². The van der Waals surface area contributed by atoms with E-state index in [1.165, 1.54) is 6.33 Å². The van der Waals surface area contributed by atoms with Crippen molar-refractivity contribution in [2.45, 2.75) is 6.54 Å². The zero-order chi connectivity index (χ0) is 14.8. The fraction of sp³-hybridized carbons (Fsp3) is 0.0667. The fourth-order valence-electron chi connectivity index (χ4n) is 2.24. The van der Waals surface area contributed by atoms with E-state index in [1.54, 1.807) is 22.3 Å². The molecule has 108 valence electrons. The van der Waals surface area contributed by atoms with Gasteiger partial charge in [0.2, 0.25) is 5.95 Å². The minimum atomic E-state index is 0.617. The van der Waals surface area contributed by atoms with Crippen molar-refractivity contribution < 1.29 is 0 Å². The van der Waals surface area contributed by atoms with Gasteiger partial charge >= 0.3 is 0 Å². The van der Waals surface area contributed by atoms with Crippen LogP contribution < -0.4 is 5.32 Å². The number of thiophene rings is 1. The summed E-state index contributed by atoms with van der Waals surface area (Å²) in [6, 6.07) is 10.0. The molecule has 3 aromatic heterocycles. The largest absolute Gasteiger partial charge is 0.350 e. The van der Waals surface area contributed by atoms with E-state index in [0.29, 0.717) is 12.5 Å². The Morgan fingerprint density at radius 1 is 1.18 bits per heavy atom. The first-order valence-electron chi connectivity index (χ1n) is 6.77. The number of nitrogens with one attached hydrogen (secondary N) is 1. The lowest BCUT2D eigenvalue weighted by atomic mass is 10.2. The quantitative estimate of drug-likeness (QED) is 0.628. The highest BCUT2D eigenvalue weighted by Gasteiger charge is 2.06. The van der Waals surface area contributed by atoms with Gasteiger partial charge in [-0.2, -0.15) is 5.10 Å². The monoisotopic (exact) mass is 308 g/mol. The van der Waals surface area contributed by atoms with E-state index in [2.05, 4.69) is 25.4 Å². The smallest absolute Gasteiger partial charge is 0.223 e. The molecule has 4 aromatic rings. The van der Waals surface area contributed by atoms with Gasteiger partial charge in [0.05, 0.1) is 22.1 Å². The lowest BCUT2D eigenvalue weighted by Crippen LogP contribution is -2.07. The molecule has 0 radical (unpaired) electrons. The van der Waals surface area contributed by atoms with Crippen LogP contribution in [0.2, 0.25) is 0 Å². The maximum atomic E-state index is 4.50. The molecule has 6 nitrogen and oxygen atoms in total. The maximum absolute atomic E-state index is 4.50. The Morgan fingerprint density at radius 3 is 3.05 bits per heavy atom. The van der Waals surface area contributed by atoms with E-state index in [4.69, 9.17) is 0 Å². The first-order chi connectivity index (χ1) is 10.9. The highest BCUT2D eigenvalue weighted by molar-refractivity contribution is 7.17. The fourth-order valence-corrected chi connectivity index (χ4v) is 2.93. The first kappa shape index (κ1) is 12.9. The number of rotatable bonds is 4.